The second-order valence-corrected chi connectivity index (χ2v) is 4.52. The molecule has 2 heterocycles. The van der Waals surface area contributed by atoms with Gasteiger partial charge in [-0.2, -0.15) is 10.4 Å². The fraction of sp³-hybridized carbons (Fsp3) is 0.667. The van der Waals surface area contributed by atoms with Crippen LogP contribution in [-0.4, -0.2) is 16.4 Å². The van der Waals surface area contributed by atoms with Crippen molar-refractivity contribution in [3.63, 3.8) is 0 Å². The molecule has 2 atom stereocenters. The van der Waals surface area contributed by atoms with E-state index >= 15 is 0 Å². The lowest BCUT2D eigenvalue weighted by molar-refractivity contribution is -0.0102. The minimum absolute atomic E-state index is 0.0291. The Morgan fingerprint density at radius 3 is 3.06 bits per heavy atom. The van der Waals surface area contributed by atoms with E-state index in [-0.39, 0.29) is 12.0 Å². The summed E-state index contributed by atoms with van der Waals surface area (Å²) in [6, 6.07) is 2.67. The van der Waals surface area contributed by atoms with Crippen LogP contribution in [0.4, 0.5) is 0 Å². The molecule has 2 unspecified atom stereocenters. The zero-order chi connectivity index (χ0) is 11.5. The van der Waals surface area contributed by atoms with Gasteiger partial charge >= 0.3 is 0 Å². The smallest absolute Gasteiger partial charge is 0.101 e. The number of nitrogens with zero attached hydrogens (tertiary/aromatic N) is 3. The van der Waals surface area contributed by atoms with Crippen LogP contribution in [0.15, 0.2) is 12.4 Å². The van der Waals surface area contributed by atoms with E-state index in [2.05, 4.69) is 25.0 Å². The van der Waals surface area contributed by atoms with Gasteiger partial charge in [-0.3, -0.25) is 4.68 Å². The minimum Gasteiger partial charge on any atom is -0.372 e. The van der Waals surface area contributed by atoms with Crippen molar-refractivity contribution in [2.24, 2.45) is 5.92 Å². The van der Waals surface area contributed by atoms with Crippen molar-refractivity contribution < 1.29 is 4.74 Å². The molecular formula is C12H17N3O. The molecule has 0 radical (unpaired) electrons. The molecule has 0 aliphatic carbocycles. The molecule has 0 saturated carbocycles. The standard InChI is InChI=1S/C12H17N3O/c1-9(2)15-8-11(7-14-15)12-10(6-13)4-3-5-16-12/h7-10,12H,3-5H2,1-2H3. The highest BCUT2D eigenvalue weighted by Crippen LogP contribution is 2.33. The largest absolute Gasteiger partial charge is 0.372 e. The molecule has 0 bridgehead atoms. The van der Waals surface area contributed by atoms with E-state index in [1.54, 1.807) is 0 Å². The summed E-state index contributed by atoms with van der Waals surface area (Å²) in [4.78, 5) is 0. The van der Waals surface area contributed by atoms with Gasteiger partial charge in [-0.05, 0) is 26.7 Å². The van der Waals surface area contributed by atoms with Crippen LogP contribution in [0.2, 0.25) is 0 Å². The van der Waals surface area contributed by atoms with Crippen LogP contribution in [0.3, 0.4) is 0 Å². The highest BCUT2D eigenvalue weighted by Gasteiger charge is 2.28. The highest BCUT2D eigenvalue weighted by atomic mass is 16.5. The molecule has 1 aliphatic heterocycles. The molecule has 0 N–H and O–H groups in total. The first kappa shape index (κ1) is 11.2. The first-order valence-corrected chi connectivity index (χ1v) is 5.77. The van der Waals surface area contributed by atoms with Gasteiger partial charge in [0, 0.05) is 24.4 Å². The molecule has 1 aliphatic rings. The molecule has 1 saturated heterocycles. The van der Waals surface area contributed by atoms with Gasteiger partial charge in [-0.1, -0.05) is 0 Å². The van der Waals surface area contributed by atoms with Gasteiger partial charge in [0.25, 0.3) is 0 Å². The molecule has 2 rings (SSSR count). The van der Waals surface area contributed by atoms with Gasteiger partial charge in [-0.15, -0.1) is 0 Å². The maximum Gasteiger partial charge on any atom is 0.101 e. The van der Waals surface area contributed by atoms with Crippen molar-refractivity contribution >= 4 is 0 Å². The monoisotopic (exact) mass is 219 g/mol. The SMILES string of the molecule is CC(C)n1cc(C2OCCCC2C#N)cn1. The molecule has 86 valence electrons. The van der Waals surface area contributed by atoms with Crippen molar-refractivity contribution in [1.29, 1.82) is 5.26 Å². The van der Waals surface area contributed by atoms with Crippen molar-refractivity contribution in [2.45, 2.75) is 38.8 Å². The van der Waals surface area contributed by atoms with Gasteiger partial charge in [0.1, 0.15) is 6.10 Å². The van der Waals surface area contributed by atoms with E-state index in [4.69, 9.17) is 10.00 Å². The van der Waals surface area contributed by atoms with E-state index in [0.29, 0.717) is 6.04 Å². The molecule has 4 nitrogen and oxygen atoms in total. The van der Waals surface area contributed by atoms with Gasteiger partial charge < -0.3 is 4.74 Å². The lowest BCUT2D eigenvalue weighted by Crippen LogP contribution is -2.21. The summed E-state index contributed by atoms with van der Waals surface area (Å²) in [7, 11) is 0. The number of nitriles is 1. The summed E-state index contributed by atoms with van der Waals surface area (Å²) in [5.74, 6) is -0.0291. The van der Waals surface area contributed by atoms with Crippen LogP contribution in [0.25, 0.3) is 0 Å². The number of hydrogen-bond donors (Lipinski definition) is 0. The molecule has 1 aromatic rings. The molecule has 0 spiro atoms. The molecule has 0 aromatic carbocycles. The fourth-order valence-electron chi connectivity index (χ4n) is 2.02. The maximum atomic E-state index is 9.08. The van der Waals surface area contributed by atoms with Gasteiger partial charge in [0.2, 0.25) is 0 Å². The molecular weight excluding hydrogens is 202 g/mol. The highest BCUT2D eigenvalue weighted by molar-refractivity contribution is 5.13. The van der Waals surface area contributed by atoms with Gasteiger partial charge in [-0.25, -0.2) is 0 Å². The molecule has 16 heavy (non-hydrogen) atoms. The summed E-state index contributed by atoms with van der Waals surface area (Å²) in [6.07, 6.45) is 5.62. The van der Waals surface area contributed by atoms with E-state index < -0.39 is 0 Å². The van der Waals surface area contributed by atoms with Gasteiger partial charge in [0.05, 0.1) is 18.2 Å². The number of ether oxygens (including phenoxy) is 1. The summed E-state index contributed by atoms with van der Waals surface area (Å²) in [6.45, 7) is 4.91. The quantitative estimate of drug-likeness (QED) is 0.767. The van der Waals surface area contributed by atoms with Crippen molar-refractivity contribution in [3.8, 4) is 6.07 Å². The van der Waals surface area contributed by atoms with E-state index in [1.165, 1.54) is 0 Å². The van der Waals surface area contributed by atoms with Crippen molar-refractivity contribution in [1.82, 2.24) is 9.78 Å². The maximum absolute atomic E-state index is 9.08. The Morgan fingerprint density at radius 2 is 2.44 bits per heavy atom. The molecule has 4 heteroatoms. The Balaban J connectivity index is 2.18. The first-order valence-electron chi connectivity index (χ1n) is 5.77. The van der Waals surface area contributed by atoms with Crippen LogP contribution in [0.1, 0.15) is 44.4 Å². The minimum atomic E-state index is -0.0914. The van der Waals surface area contributed by atoms with E-state index in [1.807, 2.05) is 17.1 Å². The molecule has 1 aromatic heterocycles. The third kappa shape index (κ3) is 2.10. The molecule has 0 amide bonds. The second-order valence-electron chi connectivity index (χ2n) is 4.52. The third-order valence-corrected chi connectivity index (χ3v) is 2.97. The zero-order valence-corrected chi connectivity index (χ0v) is 9.76. The zero-order valence-electron chi connectivity index (χ0n) is 9.76. The predicted molar refractivity (Wildman–Crippen MR) is 59.6 cm³/mol. The van der Waals surface area contributed by atoms with E-state index in [9.17, 15) is 0 Å². The Morgan fingerprint density at radius 1 is 1.62 bits per heavy atom. The summed E-state index contributed by atoms with van der Waals surface area (Å²) >= 11 is 0. The topological polar surface area (TPSA) is 50.8 Å². The summed E-state index contributed by atoms with van der Waals surface area (Å²) in [5, 5.41) is 13.4. The average molecular weight is 219 g/mol. The first-order chi connectivity index (χ1) is 7.72. The lowest BCUT2D eigenvalue weighted by atomic mass is 9.92. The van der Waals surface area contributed by atoms with Crippen LogP contribution < -0.4 is 0 Å². The Bertz CT molecular complexity index is 391. The van der Waals surface area contributed by atoms with Crippen molar-refractivity contribution in [2.75, 3.05) is 6.61 Å². The Kier molecular flexibility index (Phi) is 3.25. The average Bonchev–Trinajstić information content (AvgIpc) is 2.78. The van der Waals surface area contributed by atoms with Crippen LogP contribution in [0.5, 0.6) is 0 Å². The second kappa shape index (κ2) is 4.67. The number of aromatic nitrogens is 2. The van der Waals surface area contributed by atoms with Crippen molar-refractivity contribution in [3.05, 3.63) is 18.0 Å². The normalized spacial score (nSPS) is 25.6. The molecule has 1 fully saturated rings. The predicted octanol–water partition coefficient (Wildman–Crippen LogP) is 2.46. The summed E-state index contributed by atoms with van der Waals surface area (Å²) < 4.78 is 7.59. The number of hydrogen-bond acceptors (Lipinski definition) is 3. The van der Waals surface area contributed by atoms with Crippen LogP contribution >= 0.6 is 0 Å². The Hall–Kier alpha value is -1.34. The van der Waals surface area contributed by atoms with Crippen LogP contribution in [-0.2, 0) is 4.74 Å². The lowest BCUT2D eigenvalue weighted by Gasteiger charge is -2.26. The fourth-order valence-corrected chi connectivity index (χ4v) is 2.02. The third-order valence-electron chi connectivity index (χ3n) is 2.97. The summed E-state index contributed by atoms with van der Waals surface area (Å²) in [5.41, 5.74) is 1.03. The van der Waals surface area contributed by atoms with Crippen LogP contribution in [0, 0.1) is 17.2 Å². The Labute approximate surface area is 95.8 Å². The van der Waals surface area contributed by atoms with E-state index in [0.717, 1.165) is 25.0 Å². The number of rotatable bonds is 2. The van der Waals surface area contributed by atoms with Gasteiger partial charge in [0.15, 0.2) is 0 Å².